The van der Waals surface area contributed by atoms with E-state index >= 15 is 0 Å². The molecule has 0 aliphatic heterocycles. The summed E-state index contributed by atoms with van der Waals surface area (Å²) in [5.74, 6) is 0. The Morgan fingerprint density at radius 2 is 2.31 bits per heavy atom. The van der Waals surface area contributed by atoms with Gasteiger partial charge < -0.3 is 5.32 Å². The van der Waals surface area contributed by atoms with Crippen LogP contribution in [-0.2, 0) is 7.05 Å². The standard InChI is InChI=1S/C12H20BrN3/c1-9(2)14-7-5-6-10(3)12-11(13)8-15-16(12)4/h6,8-9,14H,5,7H2,1-4H3/b10-6-. The number of allylic oxidation sites excluding steroid dienone is 1. The Bertz CT molecular complexity index is 347. The molecule has 0 unspecified atom stereocenters. The first-order valence-corrected chi connectivity index (χ1v) is 6.39. The van der Waals surface area contributed by atoms with Crippen molar-refractivity contribution in [2.45, 2.75) is 33.2 Å². The molecule has 1 N–H and O–H groups in total. The van der Waals surface area contributed by atoms with Gasteiger partial charge in [0.1, 0.15) is 0 Å². The molecule has 0 atom stereocenters. The molecule has 16 heavy (non-hydrogen) atoms. The van der Waals surface area contributed by atoms with E-state index in [-0.39, 0.29) is 0 Å². The van der Waals surface area contributed by atoms with E-state index in [9.17, 15) is 0 Å². The number of nitrogens with zero attached hydrogens (tertiary/aromatic N) is 2. The summed E-state index contributed by atoms with van der Waals surface area (Å²) < 4.78 is 2.95. The van der Waals surface area contributed by atoms with Crippen molar-refractivity contribution in [1.82, 2.24) is 15.1 Å². The van der Waals surface area contributed by atoms with Gasteiger partial charge in [0.05, 0.1) is 16.4 Å². The lowest BCUT2D eigenvalue weighted by Gasteiger charge is -2.07. The van der Waals surface area contributed by atoms with Crippen LogP contribution in [-0.4, -0.2) is 22.4 Å². The van der Waals surface area contributed by atoms with E-state index < -0.39 is 0 Å². The molecule has 0 radical (unpaired) electrons. The zero-order chi connectivity index (χ0) is 12.1. The summed E-state index contributed by atoms with van der Waals surface area (Å²) in [7, 11) is 1.96. The highest BCUT2D eigenvalue weighted by Crippen LogP contribution is 2.23. The summed E-state index contributed by atoms with van der Waals surface area (Å²) in [6, 6.07) is 0.553. The summed E-state index contributed by atoms with van der Waals surface area (Å²) in [5, 5.41) is 7.60. The summed E-state index contributed by atoms with van der Waals surface area (Å²) in [4.78, 5) is 0. The molecule has 0 saturated carbocycles. The average molecular weight is 286 g/mol. The van der Waals surface area contributed by atoms with Gasteiger partial charge >= 0.3 is 0 Å². The van der Waals surface area contributed by atoms with Gasteiger partial charge in [0.15, 0.2) is 0 Å². The first kappa shape index (κ1) is 13.5. The molecular formula is C12H20BrN3. The van der Waals surface area contributed by atoms with Gasteiger partial charge in [-0.3, -0.25) is 4.68 Å². The Morgan fingerprint density at radius 1 is 1.62 bits per heavy atom. The van der Waals surface area contributed by atoms with Crippen molar-refractivity contribution in [3.8, 4) is 0 Å². The van der Waals surface area contributed by atoms with Gasteiger partial charge in [-0.25, -0.2) is 0 Å². The van der Waals surface area contributed by atoms with Gasteiger partial charge in [0, 0.05) is 13.1 Å². The van der Waals surface area contributed by atoms with Crippen LogP contribution in [0.4, 0.5) is 0 Å². The average Bonchev–Trinajstić information content (AvgIpc) is 2.53. The van der Waals surface area contributed by atoms with Crippen molar-refractivity contribution in [2.75, 3.05) is 6.54 Å². The second-order valence-corrected chi connectivity index (χ2v) is 5.10. The van der Waals surface area contributed by atoms with Crippen LogP contribution in [0.15, 0.2) is 16.7 Å². The van der Waals surface area contributed by atoms with E-state index in [0.29, 0.717) is 6.04 Å². The lowest BCUT2D eigenvalue weighted by molar-refractivity contribution is 0.595. The maximum atomic E-state index is 4.21. The van der Waals surface area contributed by atoms with Crippen LogP contribution in [0.1, 0.15) is 32.9 Å². The second-order valence-electron chi connectivity index (χ2n) is 4.25. The minimum atomic E-state index is 0.553. The normalized spacial score (nSPS) is 12.5. The van der Waals surface area contributed by atoms with Crippen LogP contribution in [0.3, 0.4) is 0 Å². The van der Waals surface area contributed by atoms with Gasteiger partial charge in [-0.1, -0.05) is 19.9 Å². The van der Waals surface area contributed by atoms with Crippen LogP contribution in [0.5, 0.6) is 0 Å². The van der Waals surface area contributed by atoms with Crippen molar-refractivity contribution >= 4 is 21.5 Å². The molecule has 0 bridgehead atoms. The van der Waals surface area contributed by atoms with Gasteiger partial charge in [0.2, 0.25) is 0 Å². The van der Waals surface area contributed by atoms with Gasteiger partial charge in [-0.05, 0) is 41.4 Å². The summed E-state index contributed by atoms with van der Waals surface area (Å²) in [6.07, 6.45) is 5.12. The van der Waals surface area contributed by atoms with E-state index in [4.69, 9.17) is 0 Å². The van der Waals surface area contributed by atoms with Crippen molar-refractivity contribution < 1.29 is 0 Å². The molecule has 0 amide bonds. The van der Waals surface area contributed by atoms with E-state index in [1.807, 2.05) is 17.9 Å². The van der Waals surface area contributed by atoms with E-state index in [1.165, 1.54) is 5.57 Å². The molecule has 0 saturated heterocycles. The van der Waals surface area contributed by atoms with Crippen LogP contribution >= 0.6 is 15.9 Å². The first-order chi connectivity index (χ1) is 7.52. The fraction of sp³-hybridized carbons (Fsp3) is 0.583. The lowest BCUT2D eigenvalue weighted by Crippen LogP contribution is -2.23. The Balaban J connectivity index is 2.57. The Hall–Kier alpha value is -0.610. The summed E-state index contributed by atoms with van der Waals surface area (Å²) in [5.41, 5.74) is 2.42. The van der Waals surface area contributed by atoms with Gasteiger partial charge in [0.25, 0.3) is 0 Å². The molecule has 0 aliphatic carbocycles. The van der Waals surface area contributed by atoms with Crippen molar-refractivity contribution in [3.63, 3.8) is 0 Å². The largest absolute Gasteiger partial charge is 0.314 e. The van der Waals surface area contributed by atoms with Crippen molar-refractivity contribution in [3.05, 3.63) is 22.4 Å². The maximum absolute atomic E-state index is 4.21. The van der Waals surface area contributed by atoms with Crippen LogP contribution in [0, 0.1) is 0 Å². The molecule has 0 spiro atoms. The Morgan fingerprint density at radius 3 is 2.81 bits per heavy atom. The fourth-order valence-electron chi connectivity index (χ4n) is 1.61. The maximum Gasteiger partial charge on any atom is 0.0774 e. The highest BCUT2D eigenvalue weighted by molar-refractivity contribution is 9.10. The number of nitrogens with one attached hydrogen (secondary N) is 1. The highest BCUT2D eigenvalue weighted by atomic mass is 79.9. The van der Waals surface area contributed by atoms with Gasteiger partial charge in [-0.15, -0.1) is 0 Å². The lowest BCUT2D eigenvalue weighted by atomic mass is 10.2. The molecule has 1 aromatic heterocycles. The second kappa shape index (κ2) is 6.21. The minimum Gasteiger partial charge on any atom is -0.314 e. The number of hydrogen-bond acceptors (Lipinski definition) is 2. The third-order valence-corrected chi connectivity index (χ3v) is 3.00. The van der Waals surface area contributed by atoms with Crippen LogP contribution in [0.2, 0.25) is 0 Å². The number of aromatic nitrogens is 2. The fourth-order valence-corrected chi connectivity index (χ4v) is 2.27. The molecule has 1 aromatic rings. The quantitative estimate of drug-likeness (QED) is 0.843. The SMILES string of the molecule is C/C(=C/CCNC(C)C)c1c(Br)cnn1C. The number of halogens is 1. The van der Waals surface area contributed by atoms with Crippen molar-refractivity contribution in [2.24, 2.45) is 7.05 Å². The highest BCUT2D eigenvalue weighted by Gasteiger charge is 2.06. The molecule has 1 rings (SSSR count). The summed E-state index contributed by atoms with van der Waals surface area (Å²) in [6.45, 7) is 7.46. The van der Waals surface area contributed by atoms with Crippen molar-refractivity contribution in [1.29, 1.82) is 0 Å². The molecule has 1 heterocycles. The monoisotopic (exact) mass is 285 g/mol. The minimum absolute atomic E-state index is 0.553. The molecule has 3 nitrogen and oxygen atoms in total. The zero-order valence-corrected chi connectivity index (χ0v) is 12.0. The van der Waals surface area contributed by atoms with E-state index in [1.54, 1.807) is 0 Å². The number of aryl methyl sites for hydroxylation is 1. The zero-order valence-electron chi connectivity index (χ0n) is 10.4. The number of rotatable bonds is 5. The van der Waals surface area contributed by atoms with Gasteiger partial charge in [-0.2, -0.15) is 5.10 Å². The number of hydrogen-bond donors (Lipinski definition) is 1. The topological polar surface area (TPSA) is 29.9 Å². The molecular weight excluding hydrogens is 266 g/mol. The first-order valence-electron chi connectivity index (χ1n) is 5.60. The Kier molecular flexibility index (Phi) is 5.22. The van der Waals surface area contributed by atoms with E-state index in [0.717, 1.165) is 23.1 Å². The predicted molar refractivity (Wildman–Crippen MR) is 72.3 cm³/mol. The van der Waals surface area contributed by atoms with Crippen LogP contribution in [0.25, 0.3) is 5.57 Å². The van der Waals surface area contributed by atoms with Crippen LogP contribution < -0.4 is 5.32 Å². The molecule has 0 aliphatic rings. The Labute approximate surface area is 106 Å². The molecule has 0 aromatic carbocycles. The predicted octanol–water partition coefficient (Wildman–Crippen LogP) is 2.97. The third-order valence-electron chi connectivity index (χ3n) is 2.42. The molecule has 4 heteroatoms. The third kappa shape index (κ3) is 3.76. The summed E-state index contributed by atoms with van der Waals surface area (Å²) >= 11 is 3.51. The smallest absolute Gasteiger partial charge is 0.0774 e. The molecule has 90 valence electrons. The molecule has 0 fully saturated rings. The van der Waals surface area contributed by atoms with E-state index in [2.05, 4.69) is 53.2 Å².